The zero-order chi connectivity index (χ0) is 19.8. The molecule has 9 heteroatoms. The number of hydrogen-bond donors (Lipinski definition) is 0. The van der Waals surface area contributed by atoms with Crippen molar-refractivity contribution in [1.29, 1.82) is 0 Å². The minimum atomic E-state index is 0.108. The van der Waals surface area contributed by atoms with Gasteiger partial charge in [-0.3, -0.25) is 4.90 Å². The summed E-state index contributed by atoms with van der Waals surface area (Å²) in [5, 5.41) is 17.3. The predicted molar refractivity (Wildman–Crippen MR) is 107 cm³/mol. The average molecular weight is 390 g/mol. The third kappa shape index (κ3) is 3.33. The highest BCUT2D eigenvalue weighted by atomic mass is 16.5. The smallest absolute Gasteiger partial charge is 0.243 e. The lowest BCUT2D eigenvalue weighted by atomic mass is 10.2. The molecule has 1 aliphatic rings. The van der Waals surface area contributed by atoms with Crippen molar-refractivity contribution in [2.24, 2.45) is 0 Å². The highest BCUT2D eigenvalue weighted by Crippen LogP contribution is 2.23. The van der Waals surface area contributed by atoms with E-state index in [0.29, 0.717) is 11.7 Å². The molecule has 0 saturated carbocycles. The molecule has 0 N–H and O–H groups in total. The summed E-state index contributed by atoms with van der Waals surface area (Å²) in [6, 6.07) is 14.1. The van der Waals surface area contributed by atoms with Gasteiger partial charge in [0, 0.05) is 31.7 Å². The van der Waals surface area contributed by atoms with Gasteiger partial charge in [0.1, 0.15) is 5.82 Å². The van der Waals surface area contributed by atoms with Crippen LogP contribution < -0.4 is 4.90 Å². The zero-order valence-electron chi connectivity index (χ0n) is 16.4. The van der Waals surface area contributed by atoms with Crippen molar-refractivity contribution in [3.8, 4) is 11.4 Å². The number of hydrogen-bond acceptors (Lipinski definition) is 8. The van der Waals surface area contributed by atoms with E-state index in [9.17, 15) is 0 Å². The number of anilines is 1. The first-order chi connectivity index (χ1) is 14.2. The van der Waals surface area contributed by atoms with E-state index in [1.807, 2.05) is 53.9 Å². The molecule has 4 aromatic rings. The molecule has 148 valence electrons. The third-order valence-corrected chi connectivity index (χ3v) is 5.37. The van der Waals surface area contributed by atoms with Gasteiger partial charge in [-0.25, -0.2) is 0 Å². The van der Waals surface area contributed by atoms with Crippen LogP contribution in [0.25, 0.3) is 17.0 Å². The molecule has 29 heavy (non-hydrogen) atoms. The van der Waals surface area contributed by atoms with E-state index in [-0.39, 0.29) is 6.04 Å². The molecule has 0 spiro atoms. The topological polar surface area (TPSA) is 88.5 Å². The first-order valence-corrected chi connectivity index (χ1v) is 9.76. The molecule has 1 saturated heterocycles. The molecule has 4 heterocycles. The van der Waals surface area contributed by atoms with Gasteiger partial charge >= 0.3 is 0 Å². The van der Waals surface area contributed by atoms with E-state index in [2.05, 4.69) is 37.1 Å². The Kier molecular flexibility index (Phi) is 4.44. The second-order valence-electron chi connectivity index (χ2n) is 7.23. The van der Waals surface area contributed by atoms with Crippen molar-refractivity contribution in [3.05, 3.63) is 54.2 Å². The monoisotopic (exact) mass is 390 g/mol. The van der Waals surface area contributed by atoms with Gasteiger partial charge in [0.15, 0.2) is 17.3 Å². The summed E-state index contributed by atoms with van der Waals surface area (Å²) in [6.07, 6.45) is 0. The van der Waals surface area contributed by atoms with Crippen molar-refractivity contribution in [2.45, 2.75) is 19.9 Å². The first kappa shape index (κ1) is 17.7. The molecule has 1 fully saturated rings. The number of aryl methyl sites for hydroxylation is 1. The van der Waals surface area contributed by atoms with Crippen LogP contribution in [-0.4, -0.2) is 61.0 Å². The summed E-state index contributed by atoms with van der Waals surface area (Å²) in [6.45, 7) is 7.49. The molecular weight excluding hydrogens is 368 g/mol. The summed E-state index contributed by atoms with van der Waals surface area (Å²) in [5.41, 5.74) is 1.74. The standard InChI is InChI=1S/C20H22N8O/c1-14(20-21-15(2)25-29-20)26-10-12-27(13-11-26)18-9-8-17-22-23-19(28(17)24-18)16-6-4-3-5-7-16/h3-9,14H,10-13H2,1-2H3. The van der Waals surface area contributed by atoms with E-state index in [4.69, 9.17) is 9.62 Å². The van der Waals surface area contributed by atoms with Crippen LogP contribution in [0.3, 0.4) is 0 Å². The van der Waals surface area contributed by atoms with Gasteiger partial charge in [0.2, 0.25) is 5.89 Å². The number of nitrogens with zero attached hydrogens (tertiary/aromatic N) is 8. The normalized spacial score (nSPS) is 16.4. The maximum atomic E-state index is 5.34. The maximum absolute atomic E-state index is 5.34. The third-order valence-electron chi connectivity index (χ3n) is 5.37. The Morgan fingerprint density at radius 1 is 0.966 bits per heavy atom. The van der Waals surface area contributed by atoms with Crippen LogP contribution in [0.1, 0.15) is 24.7 Å². The molecule has 1 unspecified atom stereocenters. The van der Waals surface area contributed by atoms with Crippen LogP contribution >= 0.6 is 0 Å². The van der Waals surface area contributed by atoms with Gasteiger partial charge in [-0.2, -0.15) is 9.50 Å². The van der Waals surface area contributed by atoms with Gasteiger partial charge in [-0.1, -0.05) is 35.5 Å². The van der Waals surface area contributed by atoms with E-state index in [0.717, 1.165) is 49.0 Å². The zero-order valence-corrected chi connectivity index (χ0v) is 16.4. The molecule has 0 radical (unpaired) electrons. The van der Waals surface area contributed by atoms with E-state index >= 15 is 0 Å². The molecule has 3 aromatic heterocycles. The molecule has 0 amide bonds. The van der Waals surface area contributed by atoms with E-state index in [1.54, 1.807) is 0 Å². The first-order valence-electron chi connectivity index (χ1n) is 9.76. The predicted octanol–water partition coefficient (Wildman–Crippen LogP) is 2.37. The number of piperazine rings is 1. The summed E-state index contributed by atoms with van der Waals surface area (Å²) in [4.78, 5) is 9.01. The van der Waals surface area contributed by atoms with Gasteiger partial charge in [0.05, 0.1) is 6.04 Å². The minimum Gasteiger partial charge on any atom is -0.353 e. The number of rotatable bonds is 4. The molecule has 1 aliphatic heterocycles. The number of aromatic nitrogens is 6. The number of fused-ring (bicyclic) bond motifs is 1. The highest BCUT2D eigenvalue weighted by Gasteiger charge is 2.26. The quantitative estimate of drug-likeness (QED) is 0.525. The molecule has 9 nitrogen and oxygen atoms in total. The van der Waals surface area contributed by atoms with Crippen molar-refractivity contribution in [1.82, 2.24) is 34.9 Å². The largest absolute Gasteiger partial charge is 0.353 e. The van der Waals surface area contributed by atoms with Crippen LogP contribution in [0.5, 0.6) is 0 Å². The summed E-state index contributed by atoms with van der Waals surface area (Å²) < 4.78 is 7.16. The average Bonchev–Trinajstić information content (AvgIpc) is 3.40. The maximum Gasteiger partial charge on any atom is 0.243 e. The van der Waals surface area contributed by atoms with Crippen LogP contribution in [0.4, 0.5) is 5.82 Å². The molecule has 0 bridgehead atoms. The Morgan fingerprint density at radius 3 is 2.48 bits per heavy atom. The number of benzene rings is 1. The molecule has 1 aromatic carbocycles. The summed E-state index contributed by atoms with van der Waals surface area (Å²) in [7, 11) is 0. The Bertz CT molecular complexity index is 1110. The highest BCUT2D eigenvalue weighted by molar-refractivity contribution is 5.59. The van der Waals surface area contributed by atoms with Gasteiger partial charge < -0.3 is 9.42 Å². The van der Waals surface area contributed by atoms with Gasteiger partial charge in [0.25, 0.3) is 0 Å². The summed E-state index contributed by atoms with van der Waals surface area (Å²) >= 11 is 0. The Balaban J connectivity index is 1.34. The molecule has 5 rings (SSSR count). The Labute approximate surface area is 168 Å². The fourth-order valence-electron chi connectivity index (χ4n) is 3.69. The lowest BCUT2D eigenvalue weighted by Crippen LogP contribution is -2.47. The Morgan fingerprint density at radius 2 is 1.76 bits per heavy atom. The van der Waals surface area contributed by atoms with Crippen molar-refractivity contribution >= 4 is 11.5 Å². The van der Waals surface area contributed by atoms with Gasteiger partial charge in [-0.05, 0) is 26.0 Å². The van der Waals surface area contributed by atoms with Crippen molar-refractivity contribution in [3.63, 3.8) is 0 Å². The van der Waals surface area contributed by atoms with Gasteiger partial charge in [-0.15, -0.1) is 15.3 Å². The lowest BCUT2D eigenvalue weighted by Gasteiger charge is -2.37. The van der Waals surface area contributed by atoms with Crippen LogP contribution in [0.2, 0.25) is 0 Å². The van der Waals surface area contributed by atoms with E-state index in [1.165, 1.54) is 0 Å². The fraction of sp³-hybridized carbons (Fsp3) is 0.350. The van der Waals surface area contributed by atoms with E-state index < -0.39 is 0 Å². The SMILES string of the molecule is Cc1noc(C(C)N2CCN(c3ccc4nnc(-c5ccccc5)n4n3)CC2)n1. The molecule has 1 atom stereocenters. The lowest BCUT2D eigenvalue weighted by molar-refractivity contribution is 0.164. The summed E-state index contributed by atoms with van der Waals surface area (Å²) in [5.74, 6) is 3.02. The van der Waals surface area contributed by atoms with Crippen LogP contribution in [0, 0.1) is 6.92 Å². The molecular formula is C20H22N8O. The van der Waals surface area contributed by atoms with Crippen LogP contribution in [-0.2, 0) is 0 Å². The van der Waals surface area contributed by atoms with Crippen molar-refractivity contribution in [2.75, 3.05) is 31.1 Å². The van der Waals surface area contributed by atoms with Crippen LogP contribution in [0.15, 0.2) is 47.0 Å². The molecule has 0 aliphatic carbocycles. The second-order valence-corrected chi connectivity index (χ2v) is 7.23. The Hall–Kier alpha value is -3.33. The second kappa shape index (κ2) is 7.25. The van der Waals surface area contributed by atoms with Crippen molar-refractivity contribution < 1.29 is 4.52 Å². The minimum absolute atomic E-state index is 0.108. The fourth-order valence-corrected chi connectivity index (χ4v) is 3.69.